The van der Waals surface area contributed by atoms with Crippen LogP contribution < -0.4 is 24.8 Å². The van der Waals surface area contributed by atoms with E-state index in [1.807, 2.05) is 18.2 Å². The second kappa shape index (κ2) is 9.77. The van der Waals surface area contributed by atoms with Gasteiger partial charge in [0, 0.05) is 42.4 Å². The molecule has 2 rings (SSSR count). The highest BCUT2D eigenvalue weighted by Crippen LogP contribution is 2.39. The molecule has 26 heavy (non-hydrogen) atoms. The number of hydrogen-bond donors (Lipinski definition) is 2. The number of amides is 1. The highest BCUT2D eigenvalue weighted by Gasteiger charge is 2.13. The minimum Gasteiger partial charge on any atom is -0.493 e. The molecule has 0 saturated carbocycles. The van der Waals surface area contributed by atoms with Gasteiger partial charge in [-0.15, -0.1) is 0 Å². The maximum atomic E-state index is 12.0. The van der Waals surface area contributed by atoms with Crippen molar-refractivity contribution in [3.8, 4) is 17.2 Å². The van der Waals surface area contributed by atoms with Crippen LogP contribution in [0.4, 0.5) is 5.69 Å². The van der Waals surface area contributed by atoms with Crippen LogP contribution in [0.2, 0.25) is 5.02 Å². The van der Waals surface area contributed by atoms with Crippen LogP contribution in [-0.2, 0) is 11.3 Å². The van der Waals surface area contributed by atoms with Gasteiger partial charge in [-0.2, -0.15) is 0 Å². The summed E-state index contributed by atoms with van der Waals surface area (Å²) in [6, 6.07) is 11.0. The second-order valence-corrected chi connectivity index (χ2v) is 5.87. The van der Waals surface area contributed by atoms with E-state index in [1.165, 1.54) is 0 Å². The van der Waals surface area contributed by atoms with E-state index in [2.05, 4.69) is 10.6 Å². The lowest BCUT2D eigenvalue weighted by molar-refractivity contribution is -0.121. The first kappa shape index (κ1) is 19.7. The van der Waals surface area contributed by atoms with E-state index in [0.717, 1.165) is 11.3 Å². The first-order valence-corrected chi connectivity index (χ1v) is 8.50. The molecule has 0 aromatic heterocycles. The fraction of sp³-hybridized carbons (Fsp3) is 0.316. The molecule has 0 saturated heterocycles. The molecule has 0 radical (unpaired) electrons. The van der Waals surface area contributed by atoms with Crippen molar-refractivity contribution in [1.82, 2.24) is 5.32 Å². The van der Waals surface area contributed by atoms with E-state index >= 15 is 0 Å². The fourth-order valence-electron chi connectivity index (χ4n) is 2.43. The summed E-state index contributed by atoms with van der Waals surface area (Å²) in [6.45, 7) is 0.871. The van der Waals surface area contributed by atoms with Gasteiger partial charge < -0.3 is 24.8 Å². The summed E-state index contributed by atoms with van der Waals surface area (Å²) in [7, 11) is 4.67. The highest BCUT2D eigenvalue weighted by atomic mass is 35.5. The van der Waals surface area contributed by atoms with Gasteiger partial charge in [0.2, 0.25) is 11.7 Å². The van der Waals surface area contributed by atoms with Gasteiger partial charge in [-0.05, 0) is 11.6 Å². The molecular formula is C19H23ClN2O4. The molecule has 2 aromatic carbocycles. The first-order valence-electron chi connectivity index (χ1n) is 8.13. The third kappa shape index (κ3) is 5.20. The van der Waals surface area contributed by atoms with Crippen LogP contribution in [0.25, 0.3) is 0 Å². The monoisotopic (exact) mass is 378 g/mol. The average Bonchev–Trinajstić information content (AvgIpc) is 2.66. The molecule has 0 aliphatic rings. The van der Waals surface area contributed by atoms with Crippen LogP contribution in [0.1, 0.15) is 12.0 Å². The molecule has 0 unspecified atom stereocenters. The summed E-state index contributed by atoms with van der Waals surface area (Å²) in [5.41, 5.74) is 1.67. The predicted molar refractivity (Wildman–Crippen MR) is 103 cm³/mol. The van der Waals surface area contributed by atoms with Gasteiger partial charge in [-0.1, -0.05) is 29.8 Å². The molecule has 0 aliphatic carbocycles. The molecule has 0 bridgehead atoms. The normalized spacial score (nSPS) is 10.2. The van der Waals surface area contributed by atoms with Crippen molar-refractivity contribution in [2.45, 2.75) is 13.0 Å². The maximum Gasteiger partial charge on any atom is 0.222 e. The smallest absolute Gasteiger partial charge is 0.222 e. The number of anilines is 1. The third-order valence-electron chi connectivity index (χ3n) is 3.78. The van der Waals surface area contributed by atoms with Crippen molar-refractivity contribution in [1.29, 1.82) is 0 Å². The van der Waals surface area contributed by atoms with Gasteiger partial charge in [0.05, 0.1) is 21.3 Å². The Hall–Kier alpha value is -2.60. The lowest BCUT2D eigenvalue weighted by atomic mass is 10.2. The lowest BCUT2D eigenvalue weighted by Gasteiger charge is -2.15. The van der Waals surface area contributed by atoms with E-state index < -0.39 is 0 Å². The van der Waals surface area contributed by atoms with E-state index in [-0.39, 0.29) is 5.91 Å². The molecule has 0 fully saturated rings. The van der Waals surface area contributed by atoms with Crippen molar-refractivity contribution in [3.63, 3.8) is 0 Å². The Morgan fingerprint density at radius 1 is 1.04 bits per heavy atom. The standard InChI is InChI=1S/C19H23ClN2O4/c1-24-16-10-14(11-17(25-2)19(16)26-3)21-9-8-18(23)22-12-13-6-4-5-7-15(13)20/h4-7,10-11,21H,8-9,12H2,1-3H3,(H,22,23). The zero-order chi connectivity index (χ0) is 18.9. The molecule has 0 heterocycles. The number of hydrogen-bond acceptors (Lipinski definition) is 5. The van der Waals surface area contributed by atoms with Crippen LogP contribution in [-0.4, -0.2) is 33.8 Å². The Morgan fingerprint density at radius 2 is 1.69 bits per heavy atom. The largest absolute Gasteiger partial charge is 0.493 e. The summed E-state index contributed by atoms with van der Waals surface area (Å²) >= 11 is 6.08. The van der Waals surface area contributed by atoms with Crippen molar-refractivity contribution in [2.24, 2.45) is 0 Å². The van der Waals surface area contributed by atoms with Gasteiger partial charge >= 0.3 is 0 Å². The highest BCUT2D eigenvalue weighted by molar-refractivity contribution is 6.31. The molecule has 0 spiro atoms. The minimum atomic E-state index is -0.0649. The Labute approximate surface area is 158 Å². The van der Waals surface area contributed by atoms with E-state index in [0.29, 0.717) is 41.8 Å². The summed E-state index contributed by atoms with van der Waals surface area (Å²) in [6.07, 6.45) is 0.321. The van der Waals surface area contributed by atoms with Crippen LogP contribution in [0.3, 0.4) is 0 Å². The van der Waals surface area contributed by atoms with Crippen LogP contribution in [0.5, 0.6) is 17.2 Å². The summed E-state index contributed by atoms with van der Waals surface area (Å²) in [5.74, 6) is 1.57. The molecule has 2 N–H and O–H groups in total. The fourth-order valence-corrected chi connectivity index (χ4v) is 2.63. The van der Waals surface area contributed by atoms with E-state index in [1.54, 1.807) is 39.5 Å². The van der Waals surface area contributed by atoms with Crippen molar-refractivity contribution in [3.05, 3.63) is 47.0 Å². The lowest BCUT2D eigenvalue weighted by Crippen LogP contribution is -2.25. The molecule has 0 atom stereocenters. The van der Waals surface area contributed by atoms with Gasteiger partial charge in [-0.3, -0.25) is 4.79 Å². The maximum absolute atomic E-state index is 12.0. The van der Waals surface area contributed by atoms with E-state index in [4.69, 9.17) is 25.8 Å². The Kier molecular flexibility index (Phi) is 7.41. The number of nitrogens with one attached hydrogen (secondary N) is 2. The number of rotatable bonds is 9. The van der Waals surface area contributed by atoms with Crippen LogP contribution in [0.15, 0.2) is 36.4 Å². The molecule has 2 aromatic rings. The number of benzene rings is 2. The SMILES string of the molecule is COc1cc(NCCC(=O)NCc2ccccc2Cl)cc(OC)c1OC. The van der Waals surface area contributed by atoms with Gasteiger partial charge in [-0.25, -0.2) is 0 Å². The van der Waals surface area contributed by atoms with Crippen molar-refractivity contribution >= 4 is 23.2 Å². The molecule has 140 valence electrons. The van der Waals surface area contributed by atoms with Crippen LogP contribution in [0, 0.1) is 0 Å². The number of ether oxygens (including phenoxy) is 3. The summed E-state index contributed by atoms with van der Waals surface area (Å²) in [5, 5.41) is 6.68. The van der Waals surface area contributed by atoms with Crippen LogP contribution >= 0.6 is 11.6 Å². The number of carbonyl (C=O) groups is 1. The quantitative estimate of drug-likeness (QED) is 0.699. The molecule has 1 amide bonds. The number of halogens is 1. The average molecular weight is 379 g/mol. The van der Waals surface area contributed by atoms with Gasteiger partial charge in [0.25, 0.3) is 0 Å². The zero-order valence-corrected chi connectivity index (χ0v) is 15.9. The third-order valence-corrected chi connectivity index (χ3v) is 4.15. The summed E-state index contributed by atoms with van der Waals surface area (Å²) in [4.78, 5) is 12.0. The zero-order valence-electron chi connectivity index (χ0n) is 15.1. The molecular weight excluding hydrogens is 356 g/mol. The Morgan fingerprint density at radius 3 is 2.27 bits per heavy atom. The van der Waals surface area contributed by atoms with Crippen molar-refractivity contribution < 1.29 is 19.0 Å². The number of carbonyl (C=O) groups excluding carboxylic acids is 1. The minimum absolute atomic E-state index is 0.0649. The topological polar surface area (TPSA) is 68.8 Å². The first-order chi connectivity index (χ1) is 12.6. The number of methoxy groups -OCH3 is 3. The van der Waals surface area contributed by atoms with Crippen molar-refractivity contribution in [2.75, 3.05) is 33.2 Å². The molecule has 0 aliphatic heterocycles. The molecule has 7 heteroatoms. The summed E-state index contributed by atoms with van der Waals surface area (Å²) < 4.78 is 15.9. The molecule has 6 nitrogen and oxygen atoms in total. The van der Waals surface area contributed by atoms with Gasteiger partial charge in [0.15, 0.2) is 11.5 Å². The second-order valence-electron chi connectivity index (χ2n) is 5.46. The predicted octanol–water partition coefficient (Wildman–Crippen LogP) is 3.48. The van der Waals surface area contributed by atoms with E-state index in [9.17, 15) is 4.79 Å². The Balaban J connectivity index is 1.87. The Bertz CT molecular complexity index is 727. The van der Waals surface area contributed by atoms with Gasteiger partial charge in [0.1, 0.15) is 0 Å².